The van der Waals surface area contributed by atoms with Crippen molar-refractivity contribution in [1.29, 1.82) is 0 Å². The third-order valence-corrected chi connectivity index (χ3v) is 3.42. The molecular formula is C18H18N2O6. The van der Waals surface area contributed by atoms with Crippen molar-refractivity contribution in [2.24, 2.45) is 0 Å². The highest BCUT2D eigenvalue weighted by atomic mass is 16.6. The number of nitrogens with zero attached hydrogens (tertiary/aromatic N) is 2. The minimum absolute atomic E-state index is 0.0513. The molecule has 0 heterocycles. The van der Waals surface area contributed by atoms with E-state index in [2.05, 4.69) is 0 Å². The van der Waals surface area contributed by atoms with Gasteiger partial charge in [-0.15, -0.1) is 0 Å². The largest absolute Gasteiger partial charge is 0.475 e. The van der Waals surface area contributed by atoms with E-state index in [4.69, 9.17) is 9.47 Å². The number of carbonyl (C=O) groups excluding carboxylic acids is 2. The van der Waals surface area contributed by atoms with Crippen molar-refractivity contribution in [2.75, 3.05) is 20.7 Å². The molecule has 0 aliphatic rings. The topological polar surface area (TPSA) is 99.0 Å². The Hall–Kier alpha value is -3.42. The molecule has 2 rings (SSSR count). The predicted molar refractivity (Wildman–Crippen MR) is 92.6 cm³/mol. The van der Waals surface area contributed by atoms with E-state index in [0.717, 1.165) is 0 Å². The molecule has 0 aromatic heterocycles. The normalized spacial score (nSPS) is 11.3. The molecule has 0 spiro atoms. The Bertz CT molecular complexity index is 791. The number of para-hydroxylation sites is 2. The van der Waals surface area contributed by atoms with Crippen LogP contribution < -0.4 is 4.74 Å². The van der Waals surface area contributed by atoms with Crippen LogP contribution in [0.4, 0.5) is 5.69 Å². The molecule has 0 bridgehead atoms. The van der Waals surface area contributed by atoms with E-state index < -0.39 is 29.5 Å². The maximum atomic E-state index is 12.3. The first-order valence-corrected chi connectivity index (χ1v) is 7.72. The summed E-state index contributed by atoms with van der Waals surface area (Å²) in [4.78, 5) is 36.1. The molecule has 0 fully saturated rings. The quantitative estimate of drug-likeness (QED) is 0.428. The number of ether oxygens (including phenoxy) is 2. The van der Waals surface area contributed by atoms with E-state index in [0.29, 0.717) is 5.56 Å². The molecule has 0 saturated carbocycles. The Morgan fingerprint density at radius 2 is 1.69 bits per heavy atom. The van der Waals surface area contributed by atoms with Crippen LogP contribution in [0, 0.1) is 10.1 Å². The molecule has 26 heavy (non-hydrogen) atoms. The number of nitro benzene ring substituents is 1. The first-order chi connectivity index (χ1) is 12.4. The lowest BCUT2D eigenvalue weighted by Gasteiger charge is -2.21. The van der Waals surface area contributed by atoms with Gasteiger partial charge >= 0.3 is 11.7 Å². The molecular weight excluding hydrogens is 340 g/mol. The Morgan fingerprint density at radius 3 is 2.31 bits per heavy atom. The predicted octanol–water partition coefficient (Wildman–Crippen LogP) is 2.35. The number of amides is 1. The van der Waals surface area contributed by atoms with Crippen LogP contribution in [0.25, 0.3) is 0 Å². The van der Waals surface area contributed by atoms with Gasteiger partial charge in [-0.05, 0) is 6.07 Å². The SMILES string of the molecule is CN(C)C(=O)[C@@H](OC(=O)COc1ccccc1[N+](=O)[O-])c1ccccc1. The highest BCUT2D eigenvalue weighted by molar-refractivity contribution is 5.85. The smallest absolute Gasteiger partial charge is 0.345 e. The average Bonchev–Trinajstić information content (AvgIpc) is 2.64. The lowest BCUT2D eigenvalue weighted by atomic mass is 10.1. The number of carbonyl (C=O) groups is 2. The van der Waals surface area contributed by atoms with Gasteiger partial charge in [-0.1, -0.05) is 42.5 Å². The van der Waals surface area contributed by atoms with Gasteiger partial charge < -0.3 is 14.4 Å². The molecule has 0 saturated heterocycles. The van der Waals surface area contributed by atoms with Crippen LogP contribution in [0.5, 0.6) is 5.75 Å². The van der Waals surface area contributed by atoms with Gasteiger partial charge in [-0.2, -0.15) is 0 Å². The number of likely N-dealkylation sites (N-methyl/N-ethyl adjacent to an activating group) is 1. The van der Waals surface area contributed by atoms with Crippen molar-refractivity contribution >= 4 is 17.6 Å². The van der Waals surface area contributed by atoms with E-state index in [1.807, 2.05) is 0 Å². The lowest BCUT2D eigenvalue weighted by molar-refractivity contribution is -0.385. The Morgan fingerprint density at radius 1 is 1.08 bits per heavy atom. The molecule has 1 atom stereocenters. The van der Waals surface area contributed by atoms with E-state index in [1.165, 1.54) is 23.1 Å². The minimum Gasteiger partial charge on any atom is -0.475 e. The fourth-order valence-corrected chi connectivity index (χ4v) is 2.16. The van der Waals surface area contributed by atoms with Crippen LogP contribution in [0.2, 0.25) is 0 Å². The Balaban J connectivity index is 2.09. The van der Waals surface area contributed by atoms with Crippen LogP contribution in [-0.2, 0) is 14.3 Å². The highest BCUT2D eigenvalue weighted by Crippen LogP contribution is 2.26. The number of hydrogen-bond donors (Lipinski definition) is 0. The summed E-state index contributed by atoms with van der Waals surface area (Å²) in [5.41, 5.74) is 0.259. The second-order valence-electron chi connectivity index (χ2n) is 5.53. The molecule has 2 aromatic rings. The number of rotatable bonds is 7. The van der Waals surface area contributed by atoms with Crippen molar-refractivity contribution in [3.8, 4) is 5.75 Å². The summed E-state index contributed by atoms with van der Waals surface area (Å²) in [7, 11) is 3.10. The van der Waals surface area contributed by atoms with E-state index in [1.54, 1.807) is 50.5 Å². The standard InChI is InChI=1S/C18H18N2O6/c1-19(2)18(22)17(13-8-4-3-5-9-13)26-16(21)12-25-15-11-7-6-10-14(15)20(23)24/h3-11,17H,12H2,1-2H3/t17-/m0/s1. The fraction of sp³-hybridized carbons (Fsp3) is 0.222. The van der Waals surface area contributed by atoms with E-state index in [-0.39, 0.29) is 11.4 Å². The van der Waals surface area contributed by atoms with Gasteiger partial charge in [0.2, 0.25) is 6.10 Å². The zero-order valence-corrected chi connectivity index (χ0v) is 14.3. The molecule has 0 aliphatic carbocycles. The molecule has 0 radical (unpaired) electrons. The summed E-state index contributed by atoms with van der Waals surface area (Å²) >= 11 is 0. The first-order valence-electron chi connectivity index (χ1n) is 7.72. The van der Waals surface area contributed by atoms with Gasteiger partial charge in [-0.3, -0.25) is 14.9 Å². The third kappa shape index (κ3) is 4.79. The van der Waals surface area contributed by atoms with Crippen LogP contribution in [0.15, 0.2) is 54.6 Å². The van der Waals surface area contributed by atoms with Crippen molar-refractivity contribution in [1.82, 2.24) is 4.90 Å². The van der Waals surface area contributed by atoms with Crippen LogP contribution in [0.3, 0.4) is 0 Å². The molecule has 0 unspecified atom stereocenters. The number of benzene rings is 2. The number of esters is 1. The first kappa shape index (κ1) is 18.9. The second kappa shape index (κ2) is 8.61. The van der Waals surface area contributed by atoms with Gasteiger partial charge in [0, 0.05) is 25.7 Å². The Labute approximate surface area is 150 Å². The highest BCUT2D eigenvalue weighted by Gasteiger charge is 2.27. The van der Waals surface area contributed by atoms with Crippen molar-refractivity contribution in [3.05, 3.63) is 70.3 Å². The van der Waals surface area contributed by atoms with Gasteiger partial charge in [0.25, 0.3) is 5.91 Å². The molecule has 2 aromatic carbocycles. The summed E-state index contributed by atoms with van der Waals surface area (Å²) in [6.45, 7) is -0.561. The van der Waals surface area contributed by atoms with Gasteiger partial charge in [0.1, 0.15) is 0 Å². The zero-order chi connectivity index (χ0) is 19.1. The maximum Gasteiger partial charge on any atom is 0.345 e. The number of hydrogen-bond acceptors (Lipinski definition) is 6. The fourth-order valence-electron chi connectivity index (χ4n) is 2.16. The van der Waals surface area contributed by atoms with Crippen molar-refractivity contribution in [3.63, 3.8) is 0 Å². The molecule has 0 N–H and O–H groups in total. The monoisotopic (exact) mass is 358 g/mol. The van der Waals surface area contributed by atoms with Crippen molar-refractivity contribution in [2.45, 2.75) is 6.10 Å². The Kier molecular flexibility index (Phi) is 6.26. The molecule has 136 valence electrons. The van der Waals surface area contributed by atoms with E-state index >= 15 is 0 Å². The summed E-state index contributed by atoms with van der Waals surface area (Å²) < 4.78 is 10.5. The van der Waals surface area contributed by atoms with Gasteiger partial charge in [0.05, 0.1) is 4.92 Å². The molecule has 8 nitrogen and oxygen atoms in total. The summed E-state index contributed by atoms with van der Waals surface area (Å²) in [5, 5.41) is 11.0. The summed E-state index contributed by atoms with van der Waals surface area (Å²) in [6.07, 6.45) is -1.12. The van der Waals surface area contributed by atoms with E-state index in [9.17, 15) is 19.7 Å². The average molecular weight is 358 g/mol. The molecule has 1 amide bonds. The summed E-state index contributed by atoms with van der Waals surface area (Å²) in [6, 6.07) is 14.3. The zero-order valence-electron chi connectivity index (χ0n) is 14.3. The summed E-state index contributed by atoms with van der Waals surface area (Å²) in [5.74, 6) is -1.27. The van der Waals surface area contributed by atoms with Crippen LogP contribution in [-0.4, -0.2) is 42.4 Å². The van der Waals surface area contributed by atoms with Crippen molar-refractivity contribution < 1.29 is 24.0 Å². The van der Waals surface area contributed by atoms with Gasteiger partial charge in [-0.25, -0.2) is 4.79 Å². The number of nitro groups is 1. The lowest BCUT2D eigenvalue weighted by Crippen LogP contribution is -2.32. The minimum atomic E-state index is -1.12. The molecule has 0 aliphatic heterocycles. The molecule has 8 heteroatoms. The third-order valence-electron chi connectivity index (χ3n) is 3.42. The van der Waals surface area contributed by atoms with Gasteiger partial charge in [0.15, 0.2) is 12.4 Å². The van der Waals surface area contributed by atoms with Crippen LogP contribution in [0.1, 0.15) is 11.7 Å². The second-order valence-corrected chi connectivity index (χ2v) is 5.53. The maximum absolute atomic E-state index is 12.3. The van der Waals surface area contributed by atoms with Crippen LogP contribution >= 0.6 is 0 Å².